The highest BCUT2D eigenvalue weighted by atomic mass is 16.5. The minimum atomic E-state index is 0.286. The summed E-state index contributed by atoms with van der Waals surface area (Å²) in [5, 5.41) is 12.7. The zero-order valence-electron chi connectivity index (χ0n) is 12.2. The Morgan fingerprint density at radius 3 is 2.90 bits per heavy atom. The first kappa shape index (κ1) is 15.3. The molecule has 1 heterocycles. The molecule has 112 valence electrons. The van der Waals surface area contributed by atoms with Crippen molar-refractivity contribution >= 4 is 0 Å². The monoisotopic (exact) mass is 279 g/mol. The predicted molar refractivity (Wildman–Crippen MR) is 78.9 cm³/mol. The van der Waals surface area contributed by atoms with Gasteiger partial charge in [0.25, 0.3) is 0 Å². The Morgan fingerprint density at radius 2 is 2.20 bits per heavy atom. The summed E-state index contributed by atoms with van der Waals surface area (Å²) >= 11 is 0. The number of phenolic OH excluding ortho intramolecular Hbond substituents is 1. The van der Waals surface area contributed by atoms with E-state index in [0.717, 1.165) is 39.2 Å². The van der Waals surface area contributed by atoms with Crippen LogP contribution in [0.5, 0.6) is 5.75 Å². The van der Waals surface area contributed by atoms with E-state index in [0.29, 0.717) is 11.9 Å². The number of rotatable bonds is 8. The Balaban J connectivity index is 1.52. The molecule has 1 aliphatic heterocycles. The van der Waals surface area contributed by atoms with E-state index in [2.05, 4.69) is 12.2 Å². The Bertz CT molecular complexity index is 374. The van der Waals surface area contributed by atoms with Gasteiger partial charge < -0.3 is 19.9 Å². The molecule has 0 amide bonds. The van der Waals surface area contributed by atoms with Crippen molar-refractivity contribution in [2.24, 2.45) is 0 Å². The lowest BCUT2D eigenvalue weighted by atomic mass is 10.1. The lowest BCUT2D eigenvalue weighted by Crippen LogP contribution is -2.22. The van der Waals surface area contributed by atoms with Gasteiger partial charge in [-0.15, -0.1) is 0 Å². The molecule has 1 fully saturated rings. The molecule has 0 aromatic heterocycles. The largest absolute Gasteiger partial charge is 0.508 e. The van der Waals surface area contributed by atoms with Crippen molar-refractivity contribution in [1.29, 1.82) is 0 Å². The van der Waals surface area contributed by atoms with Crippen molar-refractivity contribution in [2.45, 2.75) is 38.3 Å². The standard InChI is InChI=1S/C16H25NO3/c1-13(14-5-7-15(18)8-6-14)17-9-3-10-19-12-16-4-2-11-20-16/h5-8,13,16-18H,2-4,9-12H2,1H3. The van der Waals surface area contributed by atoms with E-state index in [1.54, 1.807) is 12.1 Å². The van der Waals surface area contributed by atoms with E-state index in [9.17, 15) is 5.11 Å². The molecule has 20 heavy (non-hydrogen) atoms. The molecule has 1 aliphatic rings. The zero-order valence-corrected chi connectivity index (χ0v) is 12.2. The number of phenols is 1. The van der Waals surface area contributed by atoms with Gasteiger partial charge in [0.15, 0.2) is 0 Å². The summed E-state index contributed by atoms with van der Waals surface area (Å²) < 4.78 is 11.1. The topological polar surface area (TPSA) is 50.7 Å². The van der Waals surface area contributed by atoms with E-state index >= 15 is 0 Å². The fourth-order valence-electron chi connectivity index (χ4n) is 2.36. The third kappa shape index (κ3) is 5.12. The maximum absolute atomic E-state index is 9.25. The summed E-state index contributed by atoms with van der Waals surface area (Å²) in [6.07, 6.45) is 3.62. The van der Waals surface area contributed by atoms with Crippen LogP contribution < -0.4 is 5.32 Å². The second-order valence-electron chi connectivity index (χ2n) is 5.33. The number of benzene rings is 1. The number of aromatic hydroxyl groups is 1. The first-order valence-electron chi connectivity index (χ1n) is 7.47. The van der Waals surface area contributed by atoms with Gasteiger partial charge in [-0.3, -0.25) is 0 Å². The lowest BCUT2D eigenvalue weighted by Gasteiger charge is -2.15. The van der Waals surface area contributed by atoms with Crippen molar-refractivity contribution in [1.82, 2.24) is 5.32 Å². The van der Waals surface area contributed by atoms with Gasteiger partial charge in [-0.25, -0.2) is 0 Å². The van der Waals surface area contributed by atoms with Crippen LogP contribution in [0, 0.1) is 0 Å². The van der Waals surface area contributed by atoms with Crippen molar-refractivity contribution < 1.29 is 14.6 Å². The van der Waals surface area contributed by atoms with Crippen molar-refractivity contribution in [2.75, 3.05) is 26.4 Å². The SMILES string of the molecule is CC(NCCCOCC1CCCO1)c1ccc(O)cc1. The Morgan fingerprint density at radius 1 is 1.40 bits per heavy atom. The summed E-state index contributed by atoms with van der Waals surface area (Å²) in [6.45, 7) is 5.44. The molecule has 2 unspecified atom stereocenters. The molecule has 2 N–H and O–H groups in total. The van der Waals surface area contributed by atoms with E-state index in [1.165, 1.54) is 12.0 Å². The highest BCUT2D eigenvalue weighted by Gasteiger charge is 2.14. The molecule has 1 aromatic carbocycles. The molecule has 4 nitrogen and oxygen atoms in total. The first-order valence-corrected chi connectivity index (χ1v) is 7.47. The van der Waals surface area contributed by atoms with Gasteiger partial charge in [-0.2, -0.15) is 0 Å². The molecule has 0 bridgehead atoms. The Hall–Kier alpha value is -1.10. The highest BCUT2D eigenvalue weighted by molar-refractivity contribution is 5.27. The third-order valence-electron chi connectivity index (χ3n) is 3.64. The molecule has 1 saturated heterocycles. The molecule has 0 spiro atoms. The van der Waals surface area contributed by atoms with Crippen LogP contribution in [0.1, 0.15) is 37.8 Å². The van der Waals surface area contributed by atoms with Crippen molar-refractivity contribution in [3.05, 3.63) is 29.8 Å². The number of hydrogen-bond acceptors (Lipinski definition) is 4. The van der Waals surface area contributed by atoms with Gasteiger partial charge >= 0.3 is 0 Å². The quantitative estimate of drug-likeness (QED) is 0.718. The zero-order chi connectivity index (χ0) is 14.2. The van der Waals surface area contributed by atoms with E-state index < -0.39 is 0 Å². The Labute approximate surface area is 121 Å². The minimum absolute atomic E-state index is 0.286. The average Bonchev–Trinajstić information content (AvgIpc) is 2.96. The molecule has 4 heteroatoms. The van der Waals surface area contributed by atoms with Gasteiger partial charge in [-0.05, 0) is 50.4 Å². The van der Waals surface area contributed by atoms with Crippen LogP contribution in [0.4, 0.5) is 0 Å². The van der Waals surface area contributed by atoms with E-state index in [1.807, 2.05) is 12.1 Å². The van der Waals surface area contributed by atoms with Crippen LogP contribution >= 0.6 is 0 Å². The fourth-order valence-corrected chi connectivity index (χ4v) is 2.36. The smallest absolute Gasteiger partial charge is 0.115 e. The molecule has 2 rings (SSSR count). The molecule has 2 atom stereocenters. The summed E-state index contributed by atoms with van der Waals surface area (Å²) in [5.41, 5.74) is 1.18. The minimum Gasteiger partial charge on any atom is -0.508 e. The van der Waals surface area contributed by atoms with Crippen molar-refractivity contribution in [3.8, 4) is 5.75 Å². The van der Waals surface area contributed by atoms with E-state index in [-0.39, 0.29) is 6.04 Å². The van der Waals surface area contributed by atoms with Gasteiger partial charge in [0.05, 0.1) is 12.7 Å². The van der Waals surface area contributed by atoms with Gasteiger partial charge in [0.2, 0.25) is 0 Å². The normalized spacial score (nSPS) is 20.1. The van der Waals surface area contributed by atoms with E-state index in [4.69, 9.17) is 9.47 Å². The second-order valence-corrected chi connectivity index (χ2v) is 5.33. The third-order valence-corrected chi connectivity index (χ3v) is 3.64. The maximum Gasteiger partial charge on any atom is 0.115 e. The van der Waals surface area contributed by atoms with Crippen LogP contribution in [0.15, 0.2) is 24.3 Å². The van der Waals surface area contributed by atoms with Crippen LogP contribution in [0.25, 0.3) is 0 Å². The molecular formula is C16H25NO3. The molecule has 0 aliphatic carbocycles. The summed E-state index contributed by atoms with van der Waals surface area (Å²) in [5.74, 6) is 0.309. The molecular weight excluding hydrogens is 254 g/mol. The first-order chi connectivity index (χ1) is 9.75. The summed E-state index contributed by atoms with van der Waals surface area (Å²) in [7, 11) is 0. The molecule has 0 radical (unpaired) electrons. The average molecular weight is 279 g/mol. The van der Waals surface area contributed by atoms with Gasteiger partial charge in [0.1, 0.15) is 5.75 Å². The number of hydrogen-bond donors (Lipinski definition) is 2. The number of ether oxygens (including phenoxy) is 2. The van der Waals surface area contributed by atoms with Crippen LogP contribution in [0.3, 0.4) is 0 Å². The van der Waals surface area contributed by atoms with Crippen LogP contribution in [-0.2, 0) is 9.47 Å². The highest BCUT2D eigenvalue weighted by Crippen LogP contribution is 2.16. The fraction of sp³-hybridized carbons (Fsp3) is 0.625. The second kappa shape index (κ2) is 8.25. The molecule has 1 aromatic rings. The summed E-state index contributed by atoms with van der Waals surface area (Å²) in [6, 6.07) is 7.62. The van der Waals surface area contributed by atoms with Crippen molar-refractivity contribution in [3.63, 3.8) is 0 Å². The molecule has 0 saturated carbocycles. The Kier molecular flexibility index (Phi) is 6.30. The van der Waals surface area contributed by atoms with Gasteiger partial charge in [-0.1, -0.05) is 12.1 Å². The lowest BCUT2D eigenvalue weighted by molar-refractivity contribution is 0.0165. The summed E-state index contributed by atoms with van der Waals surface area (Å²) in [4.78, 5) is 0. The maximum atomic E-state index is 9.25. The van der Waals surface area contributed by atoms with Crippen LogP contribution in [0.2, 0.25) is 0 Å². The van der Waals surface area contributed by atoms with Gasteiger partial charge in [0, 0.05) is 19.3 Å². The number of nitrogens with one attached hydrogen (secondary N) is 1. The predicted octanol–water partition coefficient (Wildman–Crippen LogP) is 2.63. The van der Waals surface area contributed by atoms with Crippen LogP contribution in [-0.4, -0.2) is 37.6 Å².